The zero-order valence-electron chi connectivity index (χ0n) is 17.1. The highest BCUT2D eigenvalue weighted by Gasteiger charge is 2.44. The van der Waals surface area contributed by atoms with Crippen molar-refractivity contribution in [2.24, 2.45) is 17.8 Å². The number of allylic oxidation sites excluding steroid dienone is 2. The average molecular weight is 397 g/mol. The Morgan fingerprint density at radius 3 is 2.48 bits per heavy atom. The zero-order valence-corrected chi connectivity index (χ0v) is 17.1. The van der Waals surface area contributed by atoms with E-state index in [1.54, 1.807) is 0 Å². The maximum absolute atomic E-state index is 12.7. The molecule has 1 heterocycles. The highest BCUT2D eigenvalue weighted by Crippen LogP contribution is 2.37. The number of fused-ring (bicyclic) bond motifs is 2. The molecule has 2 fully saturated rings. The topological polar surface area (TPSA) is 58.6 Å². The number of rotatable bonds is 7. The monoisotopic (exact) mass is 396 g/mol. The van der Waals surface area contributed by atoms with Crippen molar-refractivity contribution in [1.82, 2.24) is 10.2 Å². The first-order valence-electron chi connectivity index (χ1n) is 11.1. The van der Waals surface area contributed by atoms with Gasteiger partial charge in [-0.15, -0.1) is 0 Å². The number of nitrogens with zero attached hydrogens (tertiary/aromatic N) is 1. The second kappa shape index (κ2) is 9.47. The van der Waals surface area contributed by atoms with Gasteiger partial charge in [0.25, 0.3) is 0 Å². The molecule has 5 heteroatoms. The molecule has 2 amide bonds. The average Bonchev–Trinajstić information content (AvgIpc) is 2.98. The summed E-state index contributed by atoms with van der Waals surface area (Å²) in [7, 11) is 0. The number of hydrogen-bond donors (Lipinski definition) is 1. The van der Waals surface area contributed by atoms with Crippen LogP contribution < -0.4 is 10.1 Å². The minimum absolute atomic E-state index is 0.128. The van der Waals surface area contributed by atoms with Crippen LogP contribution in [0, 0.1) is 17.8 Å². The van der Waals surface area contributed by atoms with Crippen molar-refractivity contribution in [2.45, 2.75) is 51.0 Å². The molecule has 0 radical (unpaired) electrons. The maximum atomic E-state index is 12.7. The molecule has 156 valence electrons. The van der Waals surface area contributed by atoms with E-state index in [0.717, 1.165) is 57.4 Å². The number of hydrogen-bond acceptors (Lipinski definition) is 3. The van der Waals surface area contributed by atoms with Crippen LogP contribution in [0.15, 0.2) is 42.5 Å². The summed E-state index contributed by atoms with van der Waals surface area (Å²) in [6.07, 6.45) is 10.6. The number of carbonyl (C=O) groups is 2. The molecule has 1 aromatic carbocycles. The summed E-state index contributed by atoms with van der Waals surface area (Å²) in [4.78, 5) is 27.4. The van der Waals surface area contributed by atoms with Gasteiger partial charge in [0.1, 0.15) is 5.75 Å². The lowest BCUT2D eigenvalue weighted by atomic mass is 9.89. The molecule has 1 aliphatic heterocycles. The molecule has 29 heavy (non-hydrogen) atoms. The molecule has 0 aromatic heterocycles. The van der Waals surface area contributed by atoms with Crippen molar-refractivity contribution in [3.63, 3.8) is 0 Å². The summed E-state index contributed by atoms with van der Waals surface area (Å²) in [5.41, 5.74) is 0. The van der Waals surface area contributed by atoms with Crippen LogP contribution in [0.4, 0.5) is 0 Å². The number of ether oxygens (including phenoxy) is 1. The molecule has 2 bridgehead atoms. The number of piperidine rings is 1. The summed E-state index contributed by atoms with van der Waals surface area (Å²) in [5, 5.41) is 3.35. The minimum atomic E-state index is 0.128. The zero-order chi connectivity index (χ0) is 20.1. The second-order valence-corrected chi connectivity index (χ2v) is 8.68. The van der Waals surface area contributed by atoms with E-state index in [1.165, 1.54) is 0 Å². The number of nitrogens with one attached hydrogen (secondary N) is 1. The molecule has 1 N–H and O–H groups in total. The predicted octanol–water partition coefficient (Wildman–Crippen LogP) is 3.56. The van der Waals surface area contributed by atoms with Crippen LogP contribution in [0.1, 0.15) is 44.9 Å². The Balaban J connectivity index is 1.21. The first-order valence-corrected chi connectivity index (χ1v) is 11.1. The predicted molar refractivity (Wildman–Crippen MR) is 112 cm³/mol. The van der Waals surface area contributed by atoms with Crippen LogP contribution >= 0.6 is 0 Å². The largest absolute Gasteiger partial charge is 0.494 e. The first kappa shape index (κ1) is 20.0. The van der Waals surface area contributed by atoms with E-state index in [2.05, 4.69) is 17.5 Å². The first-order chi connectivity index (χ1) is 14.2. The molecule has 1 saturated carbocycles. The van der Waals surface area contributed by atoms with E-state index in [1.807, 2.05) is 35.2 Å². The van der Waals surface area contributed by atoms with Crippen molar-refractivity contribution in [3.8, 4) is 5.75 Å². The van der Waals surface area contributed by atoms with E-state index in [4.69, 9.17) is 4.74 Å². The van der Waals surface area contributed by atoms with Crippen molar-refractivity contribution in [1.29, 1.82) is 0 Å². The lowest BCUT2D eigenvalue weighted by Crippen LogP contribution is -2.54. The van der Waals surface area contributed by atoms with Gasteiger partial charge in [0.2, 0.25) is 11.8 Å². The number of amides is 2. The van der Waals surface area contributed by atoms with Crippen LogP contribution in [0.2, 0.25) is 0 Å². The van der Waals surface area contributed by atoms with E-state index in [9.17, 15) is 9.59 Å². The lowest BCUT2D eigenvalue weighted by Gasteiger charge is -2.39. The van der Waals surface area contributed by atoms with Gasteiger partial charge in [-0.3, -0.25) is 9.59 Å². The van der Waals surface area contributed by atoms with Crippen LogP contribution in [-0.4, -0.2) is 42.5 Å². The van der Waals surface area contributed by atoms with Crippen LogP contribution in [0.3, 0.4) is 0 Å². The fraction of sp³-hybridized carbons (Fsp3) is 0.583. The standard InChI is InChI=1S/C24H32N2O3/c27-22(12-7-15-29-21-10-5-2-6-11-21)26-16-19-13-14-20(17-26)23(19)25-24(28)18-8-3-1-4-9-18/h1-3,5-6,10-11,18-20,23H,4,7-9,12-17H2,(H,25,28)/t18?,19-,20+,23?. The molecule has 2 aliphatic carbocycles. The summed E-state index contributed by atoms with van der Waals surface area (Å²) >= 11 is 0. The van der Waals surface area contributed by atoms with E-state index < -0.39 is 0 Å². The Labute approximate surface area is 173 Å². The van der Waals surface area contributed by atoms with Crippen molar-refractivity contribution >= 4 is 11.8 Å². The Hall–Kier alpha value is -2.30. The van der Waals surface area contributed by atoms with Crippen molar-refractivity contribution < 1.29 is 14.3 Å². The molecular formula is C24H32N2O3. The smallest absolute Gasteiger partial charge is 0.223 e. The summed E-state index contributed by atoms with van der Waals surface area (Å²) in [5.74, 6) is 2.23. The molecule has 2 unspecified atom stereocenters. The van der Waals surface area contributed by atoms with Gasteiger partial charge in [-0.05, 0) is 62.5 Å². The lowest BCUT2D eigenvalue weighted by molar-refractivity contribution is -0.134. The van der Waals surface area contributed by atoms with Gasteiger partial charge >= 0.3 is 0 Å². The number of para-hydroxylation sites is 1. The Morgan fingerprint density at radius 2 is 1.79 bits per heavy atom. The highest BCUT2D eigenvalue weighted by molar-refractivity contribution is 5.79. The fourth-order valence-electron chi connectivity index (χ4n) is 5.06. The Kier molecular flexibility index (Phi) is 6.53. The number of carbonyl (C=O) groups excluding carboxylic acids is 2. The summed E-state index contributed by atoms with van der Waals surface area (Å²) < 4.78 is 5.69. The highest BCUT2D eigenvalue weighted by atomic mass is 16.5. The fourth-order valence-corrected chi connectivity index (χ4v) is 5.06. The van der Waals surface area contributed by atoms with Crippen LogP contribution in [-0.2, 0) is 9.59 Å². The van der Waals surface area contributed by atoms with Crippen LogP contribution in [0.25, 0.3) is 0 Å². The van der Waals surface area contributed by atoms with E-state index >= 15 is 0 Å². The van der Waals surface area contributed by atoms with Gasteiger partial charge in [0.05, 0.1) is 6.61 Å². The quantitative estimate of drug-likeness (QED) is 0.566. The molecule has 3 aliphatic rings. The van der Waals surface area contributed by atoms with Gasteiger partial charge < -0.3 is 15.0 Å². The van der Waals surface area contributed by atoms with Gasteiger partial charge in [-0.1, -0.05) is 30.4 Å². The van der Waals surface area contributed by atoms with E-state index in [-0.39, 0.29) is 23.8 Å². The molecule has 4 rings (SSSR count). The minimum Gasteiger partial charge on any atom is -0.494 e. The maximum Gasteiger partial charge on any atom is 0.223 e. The molecule has 0 spiro atoms. The summed E-state index contributed by atoms with van der Waals surface area (Å²) in [6.45, 7) is 2.12. The number of likely N-dealkylation sites (tertiary alicyclic amines) is 1. The molecular weight excluding hydrogens is 364 g/mol. The van der Waals surface area contributed by atoms with Crippen molar-refractivity contribution in [2.75, 3.05) is 19.7 Å². The second-order valence-electron chi connectivity index (χ2n) is 8.68. The molecule has 4 atom stereocenters. The molecule has 1 aromatic rings. The number of benzene rings is 1. The normalized spacial score (nSPS) is 28.2. The third-order valence-electron chi connectivity index (χ3n) is 6.68. The SMILES string of the molecule is O=C(NC1[C@@H]2CC[C@H]1CN(C(=O)CCCOc1ccccc1)C2)C1CC=CCC1. The van der Waals surface area contributed by atoms with Crippen molar-refractivity contribution in [3.05, 3.63) is 42.5 Å². The molecule has 1 saturated heterocycles. The Bertz CT molecular complexity index is 719. The molecule has 5 nitrogen and oxygen atoms in total. The third kappa shape index (κ3) is 5.01. The van der Waals surface area contributed by atoms with Crippen LogP contribution in [0.5, 0.6) is 5.75 Å². The summed E-state index contributed by atoms with van der Waals surface area (Å²) in [6, 6.07) is 9.97. The van der Waals surface area contributed by atoms with Gasteiger partial charge in [-0.2, -0.15) is 0 Å². The third-order valence-corrected chi connectivity index (χ3v) is 6.68. The van der Waals surface area contributed by atoms with E-state index in [0.29, 0.717) is 24.9 Å². The van der Waals surface area contributed by atoms with Gasteiger partial charge in [0, 0.05) is 31.5 Å². The van der Waals surface area contributed by atoms with Gasteiger partial charge in [0.15, 0.2) is 0 Å². The van der Waals surface area contributed by atoms with Gasteiger partial charge in [-0.25, -0.2) is 0 Å². The Morgan fingerprint density at radius 1 is 1.03 bits per heavy atom.